The van der Waals surface area contributed by atoms with E-state index in [2.05, 4.69) is 0 Å². The van der Waals surface area contributed by atoms with Gasteiger partial charge in [0.2, 0.25) is 6.20 Å². The molecule has 0 aliphatic carbocycles. The van der Waals surface area contributed by atoms with Crippen LogP contribution in [0.2, 0.25) is 5.02 Å². The predicted octanol–water partition coefficient (Wildman–Crippen LogP) is 2.73. The van der Waals surface area contributed by atoms with Crippen molar-refractivity contribution in [1.82, 2.24) is 0 Å². The van der Waals surface area contributed by atoms with Gasteiger partial charge in [0.1, 0.15) is 5.82 Å². The maximum Gasteiger partial charge on any atom is 0.235 e. The van der Waals surface area contributed by atoms with Crippen LogP contribution in [0.4, 0.5) is 4.39 Å². The zero-order valence-electron chi connectivity index (χ0n) is 6.41. The van der Waals surface area contributed by atoms with Crippen molar-refractivity contribution < 1.29 is 9.31 Å². The Morgan fingerprint density at radius 3 is 2.77 bits per heavy atom. The zero-order valence-corrected chi connectivity index (χ0v) is 7.16. The molecule has 0 saturated carbocycles. The summed E-state index contributed by atoms with van der Waals surface area (Å²) in [4.78, 5) is 9.27. The number of nitrogens with zero attached hydrogens (tertiary/aromatic N) is 1. The van der Waals surface area contributed by atoms with E-state index in [0.717, 1.165) is 6.08 Å². The fourth-order valence-corrected chi connectivity index (χ4v) is 1.03. The first-order valence-electron chi connectivity index (χ1n) is 3.37. The summed E-state index contributed by atoms with van der Waals surface area (Å²) >= 11 is 5.60. The van der Waals surface area contributed by atoms with Crippen LogP contribution in [0.3, 0.4) is 0 Å². The van der Waals surface area contributed by atoms with Crippen LogP contribution in [0.25, 0.3) is 6.08 Å². The molecule has 0 N–H and O–H groups in total. The van der Waals surface area contributed by atoms with Crippen LogP contribution in [-0.2, 0) is 0 Å². The summed E-state index contributed by atoms with van der Waals surface area (Å²) < 4.78 is 12.9. The first-order valence-corrected chi connectivity index (χ1v) is 3.75. The van der Waals surface area contributed by atoms with Gasteiger partial charge in [0, 0.05) is 11.6 Å². The lowest BCUT2D eigenvalue weighted by Gasteiger charge is -1.96. The Labute approximate surface area is 78.6 Å². The highest BCUT2D eigenvalue weighted by atomic mass is 35.5. The summed E-state index contributed by atoms with van der Waals surface area (Å²) in [6.45, 7) is 0. The molecule has 13 heavy (non-hydrogen) atoms. The Hall–Kier alpha value is -1.42. The molecule has 0 fully saturated rings. The van der Waals surface area contributed by atoms with Crippen molar-refractivity contribution in [2.45, 2.75) is 0 Å². The molecular formula is C8H5ClFNO2. The minimum Gasteiger partial charge on any atom is -0.259 e. The largest absolute Gasteiger partial charge is 0.259 e. The third kappa shape index (κ3) is 2.52. The molecule has 1 aromatic rings. The molecule has 0 atom stereocenters. The number of benzene rings is 1. The van der Waals surface area contributed by atoms with Crippen molar-refractivity contribution >= 4 is 17.7 Å². The van der Waals surface area contributed by atoms with E-state index < -0.39 is 10.7 Å². The molecule has 0 bridgehead atoms. The zero-order chi connectivity index (χ0) is 9.84. The van der Waals surface area contributed by atoms with Crippen molar-refractivity contribution in [3.8, 4) is 0 Å². The van der Waals surface area contributed by atoms with Gasteiger partial charge >= 0.3 is 0 Å². The van der Waals surface area contributed by atoms with Crippen LogP contribution in [-0.4, -0.2) is 4.92 Å². The second kappa shape index (κ2) is 4.00. The summed E-state index contributed by atoms with van der Waals surface area (Å²) in [7, 11) is 0. The van der Waals surface area contributed by atoms with E-state index in [-0.39, 0.29) is 10.6 Å². The molecule has 3 nitrogen and oxygen atoms in total. The fourth-order valence-electron chi connectivity index (χ4n) is 0.805. The molecule has 0 aliphatic heterocycles. The number of halogens is 2. The first-order chi connectivity index (χ1) is 6.11. The van der Waals surface area contributed by atoms with Crippen molar-refractivity contribution in [3.63, 3.8) is 0 Å². The molecule has 0 spiro atoms. The molecule has 0 amide bonds. The summed E-state index contributed by atoms with van der Waals surface area (Å²) in [6, 6.07) is 4.08. The minimum atomic E-state index is -0.678. The van der Waals surface area contributed by atoms with Crippen LogP contribution < -0.4 is 0 Å². The van der Waals surface area contributed by atoms with Crippen molar-refractivity contribution in [1.29, 1.82) is 0 Å². The smallest absolute Gasteiger partial charge is 0.235 e. The molecule has 0 saturated heterocycles. The van der Waals surface area contributed by atoms with E-state index >= 15 is 0 Å². The first kappa shape index (κ1) is 9.67. The van der Waals surface area contributed by atoms with E-state index in [9.17, 15) is 14.5 Å². The Balaban J connectivity index is 3.06. The van der Waals surface area contributed by atoms with Gasteiger partial charge in [0.25, 0.3) is 0 Å². The third-order valence-electron chi connectivity index (χ3n) is 1.36. The number of hydrogen-bond acceptors (Lipinski definition) is 2. The standard InChI is InChI=1S/C8H5ClFNO2/c9-7-2-1-3-8(10)6(7)4-5-11(12)13/h1-5H/b5-4-. The SMILES string of the molecule is O=[N+]([O-])/C=C\c1c(F)cccc1Cl. The topological polar surface area (TPSA) is 43.1 Å². The normalized spacial score (nSPS) is 10.6. The van der Waals surface area contributed by atoms with Gasteiger partial charge in [-0.3, -0.25) is 10.1 Å². The Morgan fingerprint density at radius 2 is 2.23 bits per heavy atom. The van der Waals surface area contributed by atoms with Crippen molar-refractivity contribution in [3.05, 3.63) is 50.9 Å². The molecule has 1 rings (SSSR count). The Kier molecular flexibility index (Phi) is 2.97. The highest BCUT2D eigenvalue weighted by molar-refractivity contribution is 6.32. The van der Waals surface area contributed by atoms with Crippen LogP contribution in [0.5, 0.6) is 0 Å². The highest BCUT2D eigenvalue weighted by Crippen LogP contribution is 2.19. The summed E-state index contributed by atoms with van der Waals surface area (Å²) in [5.74, 6) is -0.578. The van der Waals surface area contributed by atoms with Gasteiger partial charge < -0.3 is 0 Å². The lowest BCUT2D eigenvalue weighted by atomic mass is 10.2. The average Bonchev–Trinajstić information content (AvgIpc) is 2.03. The molecule has 0 heterocycles. The number of nitro groups is 1. The van der Waals surface area contributed by atoms with E-state index in [1.165, 1.54) is 18.2 Å². The van der Waals surface area contributed by atoms with Gasteiger partial charge in [-0.05, 0) is 12.1 Å². The van der Waals surface area contributed by atoms with Gasteiger partial charge in [-0.15, -0.1) is 0 Å². The second-order valence-electron chi connectivity index (χ2n) is 2.24. The Bertz CT molecular complexity index is 345. The third-order valence-corrected chi connectivity index (χ3v) is 1.69. The Morgan fingerprint density at radius 1 is 1.54 bits per heavy atom. The van der Waals surface area contributed by atoms with E-state index in [1.54, 1.807) is 0 Å². The molecule has 1 aromatic carbocycles. The lowest BCUT2D eigenvalue weighted by Crippen LogP contribution is -1.86. The van der Waals surface area contributed by atoms with Crippen LogP contribution >= 0.6 is 11.6 Å². The molecular weight excluding hydrogens is 197 g/mol. The molecule has 0 unspecified atom stereocenters. The fraction of sp³-hybridized carbons (Fsp3) is 0. The molecule has 0 aromatic heterocycles. The van der Waals surface area contributed by atoms with E-state index in [4.69, 9.17) is 11.6 Å². The van der Waals surface area contributed by atoms with Crippen molar-refractivity contribution in [2.75, 3.05) is 0 Å². The number of rotatable bonds is 2. The van der Waals surface area contributed by atoms with Gasteiger partial charge in [-0.25, -0.2) is 4.39 Å². The van der Waals surface area contributed by atoms with E-state index in [0.29, 0.717) is 6.20 Å². The lowest BCUT2D eigenvalue weighted by molar-refractivity contribution is -0.400. The van der Waals surface area contributed by atoms with Gasteiger partial charge in [-0.1, -0.05) is 17.7 Å². The molecule has 0 radical (unpaired) electrons. The van der Waals surface area contributed by atoms with Crippen molar-refractivity contribution in [2.24, 2.45) is 0 Å². The maximum absolute atomic E-state index is 12.9. The monoisotopic (exact) mass is 201 g/mol. The van der Waals surface area contributed by atoms with Gasteiger partial charge in [-0.2, -0.15) is 0 Å². The molecule has 5 heteroatoms. The van der Waals surface area contributed by atoms with E-state index in [1.807, 2.05) is 0 Å². The summed E-state index contributed by atoms with van der Waals surface area (Å²) in [6.07, 6.45) is 1.67. The average molecular weight is 202 g/mol. The second-order valence-corrected chi connectivity index (χ2v) is 2.64. The molecule has 68 valence electrons. The van der Waals surface area contributed by atoms with Crippen LogP contribution in [0.15, 0.2) is 24.4 Å². The van der Waals surface area contributed by atoms with Gasteiger partial charge in [0.05, 0.1) is 9.95 Å². The minimum absolute atomic E-state index is 0.0286. The predicted molar refractivity (Wildman–Crippen MR) is 47.4 cm³/mol. The summed E-state index contributed by atoms with van der Waals surface area (Å²) in [5.41, 5.74) is 0.0286. The molecule has 0 aliphatic rings. The van der Waals surface area contributed by atoms with Crippen LogP contribution in [0, 0.1) is 15.9 Å². The van der Waals surface area contributed by atoms with Gasteiger partial charge in [0.15, 0.2) is 0 Å². The summed E-state index contributed by atoms with van der Waals surface area (Å²) in [5, 5.41) is 10.1. The van der Waals surface area contributed by atoms with Crippen LogP contribution in [0.1, 0.15) is 5.56 Å². The maximum atomic E-state index is 12.9. The highest BCUT2D eigenvalue weighted by Gasteiger charge is 2.03. The number of hydrogen-bond donors (Lipinski definition) is 0. The quantitative estimate of drug-likeness (QED) is 0.545.